The van der Waals surface area contributed by atoms with Gasteiger partial charge in [0.2, 0.25) is 16.0 Å². The summed E-state index contributed by atoms with van der Waals surface area (Å²) in [4.78, 5) is 14.3. The number of sulfonamides is 1. The molecule has 0 aliphatic carbocycles. The van der Waals surface area contributed by atoms with Crippen molar-refractivity contribution in [3.8, 4) is 0 Å². The van der Waals surface area contributed by atoms with E-state index in [-0.39, 0.29) is 4.90 Å². The maximum atomic E-state index is 11.5. The average molecular weight is 559 g/mol. The molecule has 10 heteroatoms. The number of aromatic nitrogens is 3. The predicted octanol–water partition coefficient (Wildman–Crippen LogP) is 5.68. The zero-order chi connectivity index (χ0) is 27.2. The van der Waals surface area contributed by atoms with Crippen LogP contribution in [0.2, 0.25) is 0 Å². The molecule has 0 unspecified atom stereocenters. The van der Waals surface area contributed by atoms with Crippen molar-refractivity contribution < 1.29 is 8.42 Å². The van der Waals surface area contributed by atoms with E-state index in [9.17, 15) is 8.42 Å². The van der Waals surface area contributed by atoms with Gasteiger partial charge in [0.05, 0.1) is 20.8 Å². The Bertz CT molecular complexity index is 1670. The monoisotopic (exact) mass is 558 g/mol. The quantitative estimate of drug-likeness (QED) is 0.178. The first-order valence-electron chi connectivity index (χ1n) is 12.8. The molecule has 0 saturated carbocycles. The number of anilines is 3. The lowest BCUT2D eigenvalue weighted by atomic mass is 10.1. The van der Waals surface area contributed by atoms with Gasteiger partial charge in [-0.3, -0.25) is 0 Å². The van der Waals surface area contributed by atoms with Gasteiger partial charge in [-0.1, -0.05) is 66.8 Å². The number of aryl methyl sites for hydroxylation is 2. The average Bonchev–Trinajstić information content (AvgIpc) is 3.32. The molecule has 2 heterocycles. The summed E-state index contributed by atoms with van der Waals surface area (Å²) >= 11 is 1.61. The fourth-order valence-electron chi connectivity index (χ4n) is 4.23. The molecule has 200 valence electrons. The van der Waals surface area contributed by atoms with Crippen LogP contribution in [-0.2, 0) is 29.3 Å². The normalized spacial score (nSPS) is 11.5. The molecule has 3 aromatic carbocycles. The standard InChI is InChI=1S/C29H30N6O2S2/c1-2-20-12-15-25-26(18-20)38-29(33-25)35-27-19-23(17-22-7-4-3-5-8-22)32-28(34-27)31-16-6-9-21-10-13-24(14-11-21)39(30,36)37/h3-5,7-8,10-15,18-19H,2,6,9,16-17H2,1H3,(H2,30,36,37)(H2,31,32,33,34,35). The molecular formula is C29H30N6O2S2. The van der Waals surface area contributed by atoms with E-state index in [0.717, 1.165) is 45.9 Å². The molecule has 0 atom stereocenters. The first-order valence-corrected chi connectivity index (χ1v) is 15.2. The van der Waals surface area contributed by atoms with Gasteiger partial charge in [0.25, 0.3) is 0 Å². The van der Waals surface area contributed by atoms with Gasteiger partial charge < -0.3 is 10.6 Å². The van der Waals surface area contributed by atoms with Gasteiger partial charge in [0.1, 0.15) is 5.82 Å². The molecule has 0 saturated heterocycles. The largest absolute Gasteiger partial charge is 0.354 e. The van der Waals surface area contributed by atoms with E-state index < -0.39 is 10.0 Å². The molecule has 4 N–H and O–H groups in total. The molecule has 5 rings (SSSR count). The highest BCUT2D eigenvalue weighted by atomic mass is 32.2. The third-order valence-electron chi connectivity index (χ3n) is 6.28. The summed E-state index contributed by atoms with van der Waals surface area (Å²) in [5.41, 5.74) is 5.36. The minimum absolute atomic E-state index is 0.118. The van der Waals surface area contributed by atoms with Crippen LogP contribution in [0.1, 0.15) is 35.7 Å². The fraction of sp³-hybridized carbons (Fsp3) is 0.207. The Hall–Kier alpha value is -3.86. The predicted molar refractivity (Wildman–Crippen MR) is 158 cm³/mol. The number of nitrogens with two attached hydrogens (primary N) is 1. The van der Waals surface area contributed by atoms with Gasteiger partial charge in [-0.05, 0) is 60.2 Å². The van der Waals surface area contributed by atoms with Gasteiger partial charge in [-0.15, -0.1) is 0 Å². The summed E-state index contributed by atoms with van der Waals surface area (Å²) in [5.74, 6) is 1.23. The van der Waals surface area contributed by atoms with Crippen molar-refractivity contribution in [3.63, 3.8) is 0 Å². The Labute approximate surface area is 232 Å². The Morgan fingerprint density at radius 2 is 1.64 bits per heavy atom. The third kappa shape index (κ3) is 7.17. The van der Waals surface area contributed by atoms with E-state index in [2.05, 4.69) is 47.9 Å². The van der Waals surface area contributed by atoms with Crippen molar-refractivity contribution in [2.75, 3.05) is 17.2 Å². The Morgan fingerprint density at radius 3 is 2.38 bits per heavy atom. The van der Waals surface area contributed by atoms with Gasteiger partial charge in [0, 0.05) is 19.0 Å². The molecule has 0 aliphatic heterocycles. The van der Waals surface area contributed by atoms with Crippen LogP contribution in [-0.4, -0.2) is 29.9 Å². The van der Waals surface area contributed by atoms with Gasteiger partial charge in [0.15, 0.2) is 5.13 Å². The molecule has 0 amide bonds. The summed E-state index contributed by atoms with van der Waals surface area (Å²) in [7, 11) is -3.68. The van der Waals surface area contributed by atoms with Crippen molar-refractivity contribution >= 4 is 48.5 Å². The summed E-state index contributed by atoms with van der Waals surface area (Å²) in [6.45, 7) is 2.81. The number of primary sulfonamides is 1. The molecule has 0 spiro atoms. The lowest BCUT2D eigenvalue weighted by Crippen LogP contribution is -2.12. The van der Waals surface area contributed by atoms with Crippen LogP contribution in [0.4, 0.5) is 16.9 Å². The lowest BCUT2D eigenvalue weighted by Gasteiger charge is -2.11. The molecular weight excluding hydrogens is 528 g/mol. The number of hydrogen-bond donors (Lipinski definition) is 3. The van der Waals surface area contributed by atoms with Crippen LogP contribution in [0.3, 0.4) is 0 Å². The van der Waals surface area contributed by atoms with Gasteiger partial charge in [-0.2, -0.15) is 4.98 Å². The number of thiazole rings is 1. The molecule has 5 aromatic rings. The first kappa shape index (κ1) is 26.7. The first-order chi connectivity index (χ1) is 18.9. The minimum Gasteiger partial charge on any atom is -0.354 e. The second-order valence-electron chi connectivity index (χ2n) is 9.25. The van der Waals surface area contributed by atoms with E-state index in [1.807, 2.05) is 24.3 Å². The fourth-order valence-corrected chi connectivity index (χ4v) is 5.68. The summed E-state index contributed by atoms with van der Waals surface area (Å²) in [6, 6.07) is 25.2. The van der Waals surface area contributed by atoms with Crippen molar-refractivity contribution in [3.05, 3.63) is 101 Å². The molecule has 2 aromatic heterocycles. The molecule has 0 aliphatic rings. The molecule has 0 fully saturated rings. The number of benzene rings is 3. The van der Waals surface area contributed by atoms with Crippen LogP contribution >= 0.6 is 11.3 Å². The van der Waals surface area contributed by atoms with Gasteiger partial charge >= 0.3 is 0 Å². The number of nitrogens with zero attached hydrogens (tertiary/aromatic N) is 3. The van der Waals surface area contributed by atoms with E-state index in [1.54, 1.807) is 23.5 Å². The number of nitrogens with one attached hydrogen (secondary N) is 2. The zero-order valence-electron chi connectivity index (χ0n) is 21.6. The van der Waals surface area contributed by atoms with Crippen molar-refractivity contribution in [2.24, 2.45) is 5.14 Å². The summed E-state index contributed by atoms with van der Waals surface area (Å²) in [6.07, 6.45) is 3.27. The van der Waals surface area contributed by atoms with Crippen LogP contribution in [0.5, 0.6) is 0 Å². The van der Waals surface area contributed by atoms with E-state index in [0.29, 0.717) is 24.7 Å². The lowest BCUT2D eigenvalue weighted by molar-refractivity contribution is 0.597. The summed E-state index contributed by atoms with van der Waals surface area (Å²) < 4.78 is 24.1. The van der Waals surface area contributed by atoms with Crippen molar-refractivity contribution in [1.82, 2.24) is 15.0 Å². The third-order valence-corrected chi connectivity index (χ3v) is 8.14. The highest BCUT2D eigenvalue weighted by Gasteiger charge is 2.10. The maximum absolute atomic E-state index is 11.5. The van der Waals surface area contributed by atoms with Crippen LogP contribution < -0.4 is 15.8 Å². The molecule has 39 heavy (non-hydrogen) atoms. The molecule has 0 bridgehead atoms. The Kier molecular flexibility index (Phi) is 8.16. The minimum atomic E-state index is -3.68. The summed E-state index contributed by atoms with van der Waals surface area (Å²) in [5, 5.41) is 12.7. The van der Waals surface area contributed by atoms with Crippen molar-refractivity contribution in [1.29, 1.82) is 0 Å². The number of rotatable bonds is 11. The Morgan fingerprint density at radius 1 is 0.872 bits per heavy atom. The number of fused-ring (bicyclic) bond motifs is 1. The highest BCUT2D eigenvalue weighted by Crippen LogP contribution is 2.29. The van der Waals surface area contributed by atoms with E-state index in [4.69, 9.17) is 20.1 Å². The van der Waals surface area contributed by atoms with Crippen LogP contribution in [0.25, 0.3) is 10.2 Å². The highest BCUT2D eigenvalue weighted by molar-refractivity contribution is 7.89. The maximum Gasteiger partial charge on any atom is 0.238 e. The zero-order valence-corrected chi connectivity index (χ0v) is 23.2. The van der Waals surface area contributed by atoms with Crippen molar-refractivity contribution in [2.45, 2.75) is 37.5 Å². The Balaban J connectivity index is 1.29. The topological polar surface area (TPSA) is 123 Å². The molecule has 0 radical (unpaired) electrons. The second kappa shape index (κ2) is 11.9. The second-order valence-corrected chi connectivity index (χ2v) is 11.8. The SMILES string of the molecule is CCc1ccc2nc(Nc3cc(Cc4ccccc4)nc(NCCCc4ccc(S(N)(=O)=O)cc4)n3)sc2c1. The van der Waals surface area contributed by atoms with Crippen LogP contribution in [0, 0.1) is 0 Å². The molecule has 8 nitrogen and oxygen atoms in total. The van der Waals surface area contributed by atoms with Crippen LogP contribution in [0.15, 0.2) is 83.8 Å². The smallest absolute Gasteiger partial charge is 0.238 e. The van der Waals surface area contributed by atoms with E-state index >= 15 is 0 Å². The van der Waals surface area contributed by atoms with E-state index in [1.165, 1.54) is 23.3 Å². The number of hydrogen-bond acceptors (Lipinski definition) is 8. The van der Waals surface area contributed by atoms with Gasteiger partial charge in [-0.25, -0.2) is 23.5 Å².